The van der Waals surface area contributed by atoms with Crippen LogP contribution >= 0.6 is 0 Å². The molecule has 0 saturated heterocycles. The van der Waals surface area contributed by atoms with Gasteiger partial charge in [0.25, 0.3) is 0 Å². The molecule has 0 unspecified atom stereocenters. The van der Waals surface area contributed by atoms with Crippen LogP contribution < -0.4 is 0 Å². The predicted molar refractivity (Wildman–Crippen MR) is 75.8 cm³/mol. The summed E-state index contributed by atoms with van der Waals surface area (Å²) >= 11 is 0. The minimum absolute atomic E-state index is 0.580. The highest BCUT2D eigenvalue weighted by Crippen LogP contribution is 2.14. The standard InChI is InChI=1S/C14H19N3/c1-6-7-8-12-9-13(17-11(12)4)14(15-5)16-10(2)3/h7-9,17H,2,5-6H2,1,3-4H3/b8-7-,16-14?. The van der Waals surface area contributed by atoms with Crippen LogP contribution in [0.5, 0.6) is 0 Å². The van der Waals surface area contributed by atoms with Gasteiger partial charge in [-0.2, -0.15) is 0 Å². The second-order valence-electron chi connectivity index (χ2n) is 3.90. The van der Waals surface area contributed by atoms with Gasteiger partial charge in [0, 0.05) is 11.4 Å². The molecule has 1 aromatic heterocycles. The number of hydrogen-bond acceptors (Lipinski definition) is 1. The van der Waals surface area contributed by atoms with E-state index in [1.54, 1.807) is 0 Å². The highest BCUT2D eigenvalue weighted by atomic mass is 14.9. The van der Waals surface area contributed by atoms with E-state index in [1.165, 1.54) is 0 Å². The number of H-pyrrole nitrogens is 1. The van der Waals surface area contributed by atoms with E-state index < -0.39 is 0 Å². The van der Waals surface area contributed by atoms with Crippen LogP contribution in [0.25, 0.3) is 6.08 Å². The van der Waals surface area contributed by atoms with E-state index in [0.717, 1.165) is 23.4 Å². The number of aliphatic imine (C=N–C) groups is 2. The van der Waals surface area contributed by atoms with Crippen LogP contribution in [-0.2, 0) is 0 Å². The van der Waals surface area contributed by atoms with Crippen LogP contribution in [0, 0.1) is 6.92 Å². The SMILES string of the molecule is C=NC(=NC(=C)C)c1cc(/C=C\CC)c(C)[nH]1. The van der Waals surface area contributed by atoms with Gasteiger partial charge in [-0.3, -0.25) is 0 Å². The van der Waals surface area contributed by atoms with Gasteiger partial charge >= 0.3 is 0 Å². The van der Waals surface area contributed by atoms with E-state index in [9.17, 15) is 0 Å². The van der Waals surface area contributed by atoms with Gasteiger partial charge in [-0.05, 0) is 38.6 Å². The van der Waals surface area contributed by atoms with Crippen LogP contribution in [0.2, 0.25) is 0 Å². The third-order valence-electron chi connectivity index (χ3n) is 2.28. The maximum Gasteiger partial charge on any atom is 0.175 e. The van der Waals surface area contributed by atoms with Crippen molar-refractivity contribution in [2.24, 2.45) is 9.98 Å². The van der Waals surface area contributed by atoms with Crippen LogP contribution in [0.3, 0.4) is 0 Å². The normalized spacial score (nSPS) is 12.1. The van der Waals surface area contributed by atoms with E-state index in [0.29, 0.717) is 11.5 Å². The highest BCUT2D eigenvalue weighted by Gasteiger charge is 2.06. The fourth-order valence-corrected chi connectivity index (χ4v) is 1.47. The van der Waals surface area contributed by atoms with Crippen LogP contribution in [0.1, 0.15) is 37.2 Å². The van der Waals surface area contributed by atoms with E-state index in [4.69, 9.17) is 0 Å². The van der Waals surface area contributed by atoms with Gasteiger partial charge in [-0.1, -0.05) is 25.7 Å². The van der Waals surface area contributed by atoms with Gasteiger partial charge in [0.05, 0.1) is 5.69 Å². The van der Waals surface area contributed by atoms with E-state index in [2.05, 4.69) is 47.3 Å². The van der Waals surface area contributed by atoms with Crippen molar-refractivity contribution in [2.45, 2.75) is 27.2 Å². The summed E-state index contributed by atoms with van der Waals surface area (Å²) in [6, 6.07) is 2.03. The molecule has 0 aliphatic carbocycles. The van der Waals surface area contributed by atoms with Crippen molar-refractivity contribution < 1.29 is 0 Å². The largest absolute Gasteiger partial charge is 0.356 e. The molecule has 17 heavy (non-hydrogen) atoms. The molecule has 0 spiro atoms. The van der Waals surface area contributed by atoms with Crippen molar-refractivity contribution in [3.05, 3.63) is 41.4 Å². The summed E-state index contributed by atoms with van der Waals surface area (Å²) in [7, 11) is 0. The van der Waals surface area contributed by atoms with E-state index >= 15 is 0 Å². The monoisotopic (exact) mass is 229 g/mol. The smallest absolute Gasteiger partial charge is 0.175 e. The van der Waals surface area contributed by atoms with Crippen molar-refractivity contribution in [3.63, 3.8) is 0 Å². The second-order valence-corrected chi connectivity index (χ2v) is 3.90. The number of nitrogens with one attached hydrogen (secondary N) is 1. The zero-order valence-electron chi connectivity index (χ0n) is 10.7. The number of aryl methyl sites for hydroxylation is 1. The summed E-state index contributed by atoms with van der Waals surface area (Å²) in [6.45, 7) is 13.2. The van der Waals surface area contributed by atoms with Crippen LogP contribution in [-0.4, -0.2) is 17.5 Å². The lowest BCUT2D eigenvalue weighted by atomic mass is 10.2. The Hall–Kier alpha value is -1.90. The highest BCUT2D eigenvalue weighted by molar-refractivity contribution is 6.01. The molecule has 0 bridgehead atoms. The Morgan fingerprint density at radius 3 is 2.76 bits per heavy atom. The first-order chi connectivity index (χ1) is 8.08. The first kappa shape index (κ1) is 13.2. The number of rotatable bonds is 4. The Morgan fingerprint density at radius 2 is 2.24 bits per heavy atom. The lowest BCUT2D eigenvalue weighted by Crippen LogP contribution is -1.97. The van der Waals surface area contributed by atoms with Crippen molar-refractivity contribution in [1.82, 2.24) is 4.98 Å². The third-order valence-corrected chi connectivity index (χ3v) is 2.28. The van der Waals surface area contributed by atoms with Crippen LogP contribution in [0.15, 0.2) is 34.4 Å². The minimum Gasteiger partial charge on any atom is -0.356 e. The Bertz CT molecular complexity index is 476. The lowest BCUT2D eigenvalue weighted by molar-refractivity contribution is 1.21. The van der Waals surface area contributed by atoms with Gasteiger partial charge in [-0.25, -0.2) is 9.98 Å². The molecule has 0 atom stereocenters. The molecule has 3 nitrogen and oxygen atoms in total. The molecule has 1 aromatic rings. The average Bonchev–Trinajstić information content (AvgIpc) is 2.64. The number of hydrogen-bond donors (Lipinski definition) is 1. The van der Waals surface area contributed by atoms with Gasteiger partial charge in [0.1, 0.15) is 0 Å². The molecule has 0 fully saturated rings. The minimum atomic E-state index is 0.580. The van der Waals surface area contributed by atoms with Crippen LogP contribution in [0.4, 0.5) is 0 Å². The third kappa shape index (κ3) is 3.55. The predicted octanol–water partition coefficient (Wildman–Crippen LogP) is 3.73. The zero-order chi connectivity index (χ0) is 12.8. The first-order valence-corrected chi connectivity index (χ1v) is 5.66. The number of aromatic amines is 1. The van der Waals surface area contributed by atoms with Crippen molar-refractivity contribution in [1.29, 1.82) is 0 Å². The summed E-state index contributed by atoms with van der Waals surface area (Å²) < 4.78 is 0. The quantitative estimate of drug-likeness (QED) is 0.604. The molecule has 0 saturated carbocycles. The average molecular weight is 229 g/mol. The molecule has 0 amide bonds. The summed E-state index contributed by atoms with van der Waals surface area (Å²) in [6.07, 6.45) is 5.24. The molecule has 3 heteroatoms. The molecule has 0 aliphatic heterocycles. The van der Waals surface area contributed by atoms with Crippen molar-refractivity contribution >= 4 is 18.6 Å². The Balaban J connectivity index is 3.11. The molecule has 0 aliphatic rings. The molecule has 90 valence electrons. The number of aromatic nitrogens is 1. The molecule has 0 aromatic carbocycles. The molecule has 0 radical (unpaired) electrons. The van der Waals surface area contributed by atoms with Crippen molar-refractivity contribution in [2.75, 3.05) is 0 Å². The number of amidine groups is 1. The topological polar surface area (TPSA) is 40.5 Å². The molecule has 1 heterocycles. The maximum absolute atomic E-state index is 4.24. The lowest BCUT2D eigenvalue weighted by Gasteiger charge is -1.96. The van der Waals surface area contributed by atoms with E-state index in [1.807, 2.05) is 19.9 Å². The number of allylic oxidation sites excluding steroid dienone is 2. The number of nitrogens with zero attached hydrogens (tertiary/aromatic N) is 2. The second kappa shape index (κ2) is 5.99. The van der Waals surface area contributed by atoms with Crippen molar-refractivity contribution in [3.8, 4) is 0 Å². The Kier molecular flexibility index (Phi) is 4.64. The molecule has 1 rings (SSSR count). The van der Waals surface area contributed by atoms with E-state index in [-0.39, 0.29) is 0 Å². The summed E-state index contributed by atoms with van der Waals surface area (Å²) in [5, 5.41) is 0. The van der Waals surface area contributed by atoms with Gasteiger partial charge in [-0.15, -0.1) is 0 Å². The van der Waals surface area contributed by atoms with Gasteiger partial charge < -0.3 is 4.98 Å². The first-order valence-electron chi connectivity index (χ1n) is 5.66. The Morgan fingerprint density at radius 1 is 1.53 bits per heavy atom. The summed E-state index contributed by atoms with van der Waals surface area (Å²) in [5.74, 6) is 0.580. The summed E-state index contributed by atoms with van der Waals surface area (Å²) in [4.78, 5) is 11.4. The van der Waals surface area contributed by atoms with Gasteiger partial charge in [0.2, 0.25) is 0 Å². The Labute approximate surface area is 103 Å². The molecular weight excluding hydrogens is 210 g/mol. The fourth-order valence-electron chi connectivity index (χ4n) is 1.47. The van der Waals surface area contributed by atoms with Gasteiger partial charge in [0.15, 0.2) is 5.84 Å². The maximum atomic E-state index is 4.24. The molecule has 1 N–H and O–H groups in total. The molecular formula is C14H19N3. The fraction of sp³-hybridized carbons (Fsp3) is 0.286. The summed E-state index contributed by atoms with van der Waals surface area (Å²) in [5.41, 5.74) is 3.84. The zero-order valence-corrected chi connectivity index (χ0v) is 10.7.